The summed E-state index contributed by atoms with van der Waals surface area (Å²) in [5, 5.41) is -0.401. The molecule has 2 aromatic rings. The van der Waals surface area contributed by atoms with E-state index in [0.717, 1.165) is 46.4 Å². The highest BCUT2D eigenvalue weighted by Gasteiger charge is 2.37. The Labute approximate surface area is 185 Å². The van der Waals surface area contributed by atoms with E-state index in [4.69, 9.17) is 4.74 Å². The molecule has 0 N–H and O–H groups in total. The number of carbonyl (C=O) groups excluding carboxylic acids is 3. The number of rotatable bonds is 6. The average molecular weight is 437 g/mol. The number of nitrogens with zero attached hydrogens (tertiary/aromatic N) is 2. The predicted molar refractivity (Wildman–Crippen MR) is 120 cm³/mol. The molecule has 160 valence electrons. The fourth-order valence-corrected chi connectivity index (χ4v) is 4.42. The summed E-state index contributed by atoms with van der Waals surface area (Å²) in [7, 11) is 0. The number of benzene rings is 2. The van der Waals surface area contributed by atoms with Gasteiger partial charge in [-0.1, -0.05) is 36.4 Å². The molecule has 2 saturated heterocycles. The van der Waals surface area contributed by atoms with E-state index < -0.39 is 11.1 Å². The molecule has 2 aliphatic heterocycles. The van der Waals surface area contributed by atoms with Crippen molar-refractivity contribution in [2.24, 2.45) is 0 Å². The molecular formula is C24H24N2O4S. The molecule has 2 heterocycles. The molecule has 2 fully saturated rings. The van der Waals surface area contributed by atoms with Gasteiger partial charge in [0.1, 0.15) is 18.9 Å². The summed E-state index contributed by atoms with van der Waals surface area (Å²) in [5.41, 5.74) is 3.10. The second-order valence-corrected chi connectivity index (χ2v) is 8.63. The largest absolute Gasteiger partial charge is 0.489 e. The number of hydrogen-bond acceptors (Lipinski definition) is 5. The maximum absolute atomic E-state index is 12.6. The Balaban J connectivity index is 1.38. The van der Waals surface area contributed by atoms with Crippen molar-refractivity contribution in [2.45, 2.75) is 26.4 Å². The number of aryl methyl sites for hydroxylation is 1. The van der Waals surface area contributed by atoms with E-state index in [1.54, 1.807) is 11.0 Å². The van der Waals surface area contributed by atoms with E-state index in [1.807, 2.05) is 55.5 Å². The van der Waals surface area contributed by atoms with E-state index in [-0.39, 0.29) is 12.5 Å². The van der Waals surface area contributed by atoms with Crippen molar-refractivity contribution in [1.29, 1.82) is 0 Å². The minimum Gasteiger partial charge on any atom is -0.489 e. The summed E-state index contributed by atoms with van der Waals surface area (Å²) in [6, 6.07) is 15.4. The zero-order valence-corrected chi connectivity index (χ0v) is 18.2. The van der Waals surface area contributed by atoms with Crippen LogP contribution in [0.4, 0.5) is 4.79 Å². The lowest BCUT2D eigenvalue weighted by atomic mass is 10.1. The lowest BCUT2D eigenvalue weighted by Gasteiger charge is -2.18. The van der Waals surface area contributed by atoms with Crippen molar-refractivity contribution in [1.82, 2.24) is 9.80 Å². The van der Waals surface area contributed by atoms with Gasteiger partial charge in [0.25, 0.3) is 11.1 Å². The van der Waals surface area contributed by atoms with Crippen LogP contribution in [0, 0.1) is 6.92 Å². The molecule has 3 amide bonds. The van der Waals surface area contributed by atoms with E-state index in [9.17, 15) is 14.4 Å². The van der Waals surface area contributed by atoms with Crippen LogP contribution in [0.1, 0.15) is 29.5 Å². The Kier molecular flexibility index (Phi) is 6.42. The number of hydrogen-bond donors (Lipinski definition) is 0. The first-order valence-corrected chi connectivity index (χ1v) is 11.1. The molecule has 0 spiro atoms. The highest BCUT2D eigenvalue weighted by Crippen LogP contribution is 2.32. The lowest BCUT2D eigenvalue weighted by molar-refractivity contribution is -0.135. The Morgan fingerprint density at radius 2 is 1.77 bits per heavy atom. The van der Waals surface area contributed by atoms with Gasteiger partial charge in [-0.2, -0.15) is 0 Å². The molecule has 0 unspecified atom stereocenters. The van der Waals surface area contributed by atoms with Crippen LogP contribution >= 0.6 is 11.8 Å². The third-order valence-corrected chi connectivity index (χ3v) is 6.37. The van der Waals surface area contributed by atoms with Crippen LogP contribution in [0.2, 0.25) is 0 Å². The SMILES string of the molecule is Cc1ccccc1COc1ccc(/C=C2\SC(=O)N(CC(=O)N3CCCC3)C2=O)cc1. The third kappa shape index (κ3) is 4.99. The van der Waals surface area contributed by atoms with Crippen molar-refractivity contribution >= 4 is 34.9 Å². The first-order valence-electron chi connectivity index (χ1n) is 10.3. The number of imide groups is 1. The van der Waals surface area contributed by atoms with Gasteiger partial charge in [-0.15, -0.1) is 0 Å². The summed E-state index contributed by atoms with van der Waals surface area (Å²) < 4.78 is 5.85. The van der Waals surface area contributed by atoms with Crippen molar-refractivity contribution in [2.75, 3.05) is 19.6 Å². The number of likely N-dealkylation sites (tertiary alicyclic amines) is 1. The van der Waals surface area contributed by atoms with Gasteiger partial charge in [-0.25, -0.2) is 0 Å². The van der Waals surface area contributed by atoms with Crippen LogP contribution in [0.15, 0.2) is 53.4 Å². The van der Waals surface area contributed by atoms with Crippen LogP contribution < -0.4 is 4.74 Å². The van der Waals surface area contributed by atoms with Gasteiger partial charge in [0, 0.05) is 13.1 Å². The molecule has 4 rings (SSSR count). The van der Waals surface area contributed by atoms with Crippen molar-refractivity contribution in [3.63, 3.8) is 0 Å². The van der Waals surface area contributed by atoms with Gasteiger partial charge in [-0.05, 0) is 66.4 Å². The van der Waals surface area contributed by atoms with Gasteiger partial charge in [0.2, 0.25) is 5.91 Å². The number of ether oxygens (including phenoxy) is 1. The molecule has 7 heteroatoms. The minimum atomic E-state index is -0.414. The fourth-order valence-electron chi connectivity index (χ4n) is 3.58. The maximum Gasteiger partial charge on any atom is 0.294 e. The monoisotopic (exact) mass is 436 g/mol. The molecule has 0 radical (unpaired) electrons. The molecule has 31 heavy (non-hydrogen) atoms. The third-order valence-electron chi connectivity index (χ3n) is 5.46. The van der Waals surface area contributed by atoms with Crippen LogP contribution in [-0.4, -0.2) is 46.5 Å². The Morgan fingerprint density at radius 3 is 2.48 bits per heavy atom. The molecule has 0 bridgehead atoms. The zero-order chi connectivity index (χ0) is 21.8. The van der Waals surface area contributed by atoms with Crippen LogP contribution in [0.5, 0.6) is 5.75 Å². The molecule has 0 saturated carbocycles. The van der Waals surface area contributed by atoms with E-state index in [1.165, 1.54) is 5.56 Å². The summed E-state index contributed by atoms with van der Waals surface area (Å²) in [6.45, 7) is 3.74. The highest BCUT2D eigenvalue weighted by atomic mass is 32.2. The number of amides is 3. The van der Waals surface area contributed by atoms with Gasteiger partial charge in [-0.3, -0.25) is 19.3 Å². The van der Waals surface area contributed by atoms with E-state index >= 15 is 0 Å². The van der Waals surface area contributed by atoms with Crippen LogP contribution in [0.3, 0.4) is 0 Å². The van der Waals surface area contributed by atoms with Crippen LogP contribution in [0.25, 0.3) is 6.08 Å². The van der Waals surface area contributed by atoms with Gasteiger partial charge < -0.3 is 9.64 Å². The first kappa shape index (κ1) is 21.2. The van der Waals surface area contributed by atoms with Crippen LogP contribution in [-0.2, 0) is 16.2 Å². The molecule has 2 aliphatic rings. The van der Waals surface area contributed by atoms with Gasteiger partial charge >= 0.3 is 0 Å². The van der Waals surface area contributed by atoms with E-state index in [0.29, 0.717) is 24.6 Å². The standard InChI is InChI=1S/C24H24N2O4S/c1-17-6-2-3-7-19(17)16-30-20-10-8-18(9-11-20)14-21-23(28)26(24(29)31-21)15-22(27)25-12-4-5-13-25/h2-3,6-11,14H,4-5,12-13,15-16H2,1H3/b21-14-. The predicted octanol–water partition coefficient (Wildman–Crippen LogP) is 4.23. The Bertz CT molecular complexity index is 1030. The topological polar surface area (TPSA) is 66.9 Å². The number of carbonyl (C=O) groups is 3. The normalized spacial score (nSPS) is 17.6. The van der Waals surface area contributed by atoms with Crippen molar-refractivity contribution < 1.29 is 19.1 Å². The van der Waals surface area contributed by atoms with Crippen molar-refractivity contribution in [3.8, 4) is 5.75 Å². The summed E-state index contributed by atoms with van der Waals surface area (Å²) >= 11 is 0.871. The summed E-state index contributed by atoms with van der Waals surface area (Å²) in [6.07, 6.45) is 3.62. The van der Waals surface area contributed by atoms with Gasteiger partial charge in [0.15, 0.2) is 0 Å². The summed E-state index contributed by atoms with van der Waals surface area (Å²) in [4.78, 5) is 40.3. The number of thioether (sulfide) groups is 1. The summed E-state index contributed by atoms with van der Waals surface area (Å²) in [5.74, 6) is 0.142. The minimum absolute atomic E-state index is 0.170. The molecule has 2 aromatic carbocycles. The highest BCUT2D eigenvalue weighted by molar-refractivity contribution is 8.18. The molecule has 0 atom stereocenters. The molecule has 6 nitrogen and oxygen atoms in total. The van der Waals surface area contributed by atoms with E-state index in [2.05, 4.69) is 0 Å². The second-order valence-electron chi connectivity index (χ2n) is 7.64. The first-order chi connectivity index (χ1) is 15.0. The smallest absolute Gasteiger partial charge is 0.294 e. The second kappa shape index (κ2) is 9.39. The zero-order valence-electron chi connectivity index (χ0n) is 17.4. The lowest BCUT2D eigenvalue weighted by Crippen LogP contribution is -2.40. The quantitative estimate of drug-likeness (QED) is 0.634. The van der Waals surface area contributed by atoms with Gasteiger partial charge in [0.05, 0.1) is 4.91 Å². The molecule has 0 aliphatic carbocycles. The maximum atomic E-state index is 12.6. The molecular weight excluding hydrogens is 412 g/mol. The molecule has 0 aromatic heterocycles. The Hall–Kier alpha value is -3.06. The fraction of sp³-hybridized carbons (Fsp3) is 0.292. The van der Waals surface area contributed by atoms with Crippen molar-refractivity contribution in [3.05, 3.63) is 70.1 Å². The Morgan fingerprint density at radius 1 is 1.06 bits per heavy atom. The average Bonchev–Trinajstić information content (AvgIpc) is 3.39.